The van der Waals surface area contributed by atoms with Gasteiger partial charge in [0, 0.05) is 15.6 Å². The van der Waals surface area contributed by atoms with E-state index in [4.69, 9.17) is 0 Å². The lowest BCUT2D eigenvalue weighted by atomic mass is 10.2. The number of pyridine rings is 1. The maximum absolute atomic E-state index is 4.28. The van der Waals surface area contributed by atoms with Crippen LogP contribution < -0.4 is 0 Å². The van der Waals surface area contributed by atoms with Crippen LogP contribution in [0.2, 0.25) is 0 Å². The highest BCUT2D eigenvalue weighted by molar-refractivity contribution is 9.10. The summed E-state index contributed by atoms with van der Waals surface area (Å²) in [5, 5.41) is 1.14. The Morgan fingerprint density at radius 3 is 2.83 bits per heavy atom. The fourth-order valence-electron chi connectivity index (χ4n) is 1.14. The maximum atomic E-state index is 4.28. The molecule has 2 heteroatoms. The summed E-state index contributed by atoms with van der Waals surface area (Å²) < 4.78 is 1.08. The lowest BCUT2D eigenvalue weighted by Crippen LogP contribution is -1.81. The fourth-order valence-corrected chi connectivity index (χ4v) is 1.52. The third kappa shape index (κ3) is 1.34. The predicted octanol–water partition coefficient (Wildman–Crippen LogP) is 3.18. The van der Waals surface area contributed by atoms with Gasteiger partial charge in [0.15, 0.2) is 0 Å². The maximum Gasteiger partial charge on any atom is 0.0706 e. The number of hydrogen-bond donors (Lipinski definition) is 0. The minimum absolute atomic E-state index is 0.810. The highest BCUT2D eigenvalue weighted by atomic mass is 79.9. The molecule has 1 heterocycles. The Bertz CT molecular complexity index is 382. The van der Waals surface area contributed by atoms with E-state index < -0.39 is 0 Å². The van der Waals surface area contributed by atoms with Crippen LogP contribution in [0.3, 0.4) is 0 Å². The zero-order valence-corrected chi connectivity index (χ0v) is 8.01. The predicted molar refractivity (Wildman–Crippen MR) is 53.9 cm³/mol. The first-order chi connectivity index (χ1) is 5.75. The number of halogens is 1. The van der Waals surface area contributed by atoms with E-state index >= 15 is 0 Å². The number of fused-ring (bicyclic) bond motifs is 1. The van der Waals surface area contributed by atoms with Crippen molar-refractivity contribution in [3.05, 3.63) is 47.4 Å². The van der Waals surface area contributed by atoms with Gasteiger partial charge in [0.1, 0.15) is 0 Å². The van der Waals surface area contributed by atoms with Crippen molar-refractivity contribution in [2.45, 2.75) is 0 Å². The second-order valence-electron chi connectivity index (χ2n) is 2.64. The van der Waals surface area contributed by atoms with Crippen LogP contribution in [-0.4, -0.2) is 4.98 Å². The van der Waals surface area contributed by atoms with Crippen LogP contribution in [0.1, 0.15) is 5.69 Å². The minimum atomic E-state index is 0.810. The van der Waals surface area contributed by atoms with Gasteiger partial charge in [-0.15, -0.1) is 0 Å². The summed E-state index contributed by atoms with van der Waals surface area (Å²) in [6, 6.07) is 9.94. The first-order valence-electron chi connectivity index (χ1n) is 3.64. The number of rotatable bonds is 0. The van der Waals surface area contributed by atoms with Crippen LogP contribution >= 0.6 is 15.9 Å². The van der Waals surface area contributed by atoms with E-state index in [9.17, 15) is 0 Å². The Hall–Kier alpha value is -0.890. The summed E-state index contributed by atoms with van der Waals surface area (Å²) in [5.74, 6) is 0. The van der Waals surface area contributed by atoms with Crippen LogP contribution in [-0.2, 0) is 0 Å². The van der Waals surface area contributed by atoms with Crippen molar-refractivity contribution in [3.8, 4) is 0 Å². The third-order valence-electron chi connectivity index (χ3n) is 1.71. The van der Waals surface area contributed by atoms with Crippen LogP contribution in [0.4, 0.5) is 0 Å². The largest absolute Gasteiger partial charge is 0.253 e. The summed E-state index contributed by atoms with van der Waals surface area (Å²) in [6.07, 6.45) is 0. The van der Waals surface area contributed by atoms with Gasteiger partial charge in [0.25, 0.3) is 0 Å². The number of hydrogen-bond acceptors (Lipinski definition) is 1. The molecule has 1 aromatic carbocycles. The van der Waals surface area contributed by atoms with E-state index in [1.165, 1.54) is 0 Å². The lowest BCUT2D eigenvalue weighted by molar-refractivity contribution is 1.34. The number of nitrogens with zero attached hydrogens (tertiary/aromatic N) is 1. The zero-order valence-electron chi connectivity index (χ0n) is 6.42. The molecule has 1 nitrogen and oxygen atoms in total. The third-order valence-corrected chi connectivity index (χ3v) is 2.20. The van der Waals surface area contributed by atoms with Crippen LogP contribution in [0.5, 0.6) is 0 Å². The van der Waals surface area contributed by atoms with Crippen molar-refractivity contribution in [3.63, 3.8) is 0 Å². The molecule has 59 valence electrons. The van der Waals surface area contributed by atoms with Gasteiger partial charge < -0.3 is 0 Å². The Kier molecular flexibility index (Phi) is 1.85. The molecule has 0 fully saturated rings. The number of aromatic nitrogens is 1. The molecule has 0 bridgehead atoms. The van der Waals surface area contributed by atoms with Crippen molar-refractivity contribution in [1.29, 1.82) is 0 Å². The fraction of sp³-hybridized carbons (Fsp3) is 0. The highest BCUT2D eigenvalue weighted by Crippen LogP contribution is 2.18. The van der Waals surface area contributed by atoms with Gasteiger partial charge in [-0.25, -0.2) is 0 Å². The molecule has 2 rings (SSSR count). The average molecular weight is 221 g/mol. The minimum Gasteiger partial charge on any atom is -0.253 e. The van der Waals surface area contributed by atoms with Gasteiger partial charge in [-0.05, 0) is 31.2 Å². The second kappa shape index (κ2) is 2.87. The molecule has 0 aliphatic rings. The molecule has 0 atom stereocenters. The highest BCUT2D eigenvalue weighted by Gasteiger charge is 1.94. The van der Waals surface area contributed by atoms with E-state index in [0.717, 1.165) is 21.1 Å². The molecule has 1 radical (unpaired) electrons. The average Bonchev–Trinajstić information content (AvgIpc) is 2.05. The summed E-state index contributed by atoms with van der Waals surface area (Å²) in [4.78, 5) is 4.28. The Labute approximate surface area is 79.6 Å². The van der Waals surface area contributed by atoms with E-state index in [0.29, 0.717) is 0 Å². The topological polar surface area (TPSA) is 12.9 Å². The van der Waals surface area contributed by atoms with E-state index in [1.54, 1.807) is 0 Å². The molecule has 0 saturated carbocycles. The molecule has 1 aromatic heterocycles. The quantitative estimate of drug-likeness (QED) is 0.665. The van der Waals surface area contributed by atoms with Crippen molar-refractivity contribution in [1.82, 2.24) is 4.98 Å². The Morgan fingerprint density at radius 2 is 2.00 bits per heavy atom. The molecule has 2 aromatic rings. The SMILES string of the molecule is [CH2]c1ccc2cc(Br)ccc2n1. The van der Waals surface area contributed by atoms with E-state index in [1.807, 2.05) is 30.3 Å². The first kappa shape index (κ1) is 7.74. The molecule has 0 saturated heterocycles. The van der Waals surface area contributed by atoms with E-state index in [2.05, 4.69) is 27.8 Å². The van der Waals surface area contributed by atoms with Crippen molar-refractivity contribution in [2.75, 3.05) is 0 Å². The van der Waals surface area contributed by atoms with Gasteiger partial charge in [-0.2, -0.15) is 0 Å². The standard InChI is InChI=1S/C10H7BrN/c1-7-2-3-8-6-9(11)4-5-10(8)12-7/h2-6H,1H2. The van der Waals surface area contributed by atoms with Gasteiger partial charge in [-0.1, -0.05) is 22.0 Å². The molecule has 0 aliphatic heterocycles. The first-order valence-corrected chi connectivity index (χ1v) is 4.43. The lowest BCUT2D eigenvalue weighted by Gasteiger charge is -1.98. The van der Waals surface area contributed by atoms with Crippen LogP contribution in [0.15, 0.2) is 34.8 Å². The van der Waals surface area contributed by atoms with Crippen molar-refractivity contribution >= 4 is 26.8 Å². The summed E-state index contributed by atoms with van der Waals surface area (Å²) >= 11 is 3.41. The molecule has 0 N–H and O–H groups in total. The van der Waals surface area contributed by atoms with Crippen LogP contribution in [0.25, 0.3) is 10.9 Å². The monoisotopic (exact) mass is 220 g/mol. The number of benzene rings is 1. The van der Waals surface area contributed by atoms with Crippen molar-refractivity contribution < 1.29 is 0 Å². The molecule has 0 amide bonds. The molecule has 0 unspecified atom stereocenters. The zero-order chi connectivity index (χ0) is 8.55. The summed E-state index contributed by atoms with van der Waals surface area (Å²) in [7, 11) is 0. The van der Waals surface area contributed by atoms with E-state index in [-0.39, 0.29) is 0 Å². The summed E-state index contributed by atoms with van der Waals surface area (Å²) in [5.41, 5.74) is 1.80. The van der Waals surface area contributed by atoms with Crippen molar-refractivity contribution in [2.24, 2.45) is 0 Å². The van der Waals surface area contributed by atoms with Gasteiger partial charge in [-0.3, -0.25) is 4.98 Å². The van der Waals surface area contributed by atoms with Crippen LogP contribution in [0, 0.1) is 6.92 Å². The summed E-state index contributed by atoms with van der Waals surface area (Å²) in [6.45, 7) is 3.77. The normalized spacial score (nSPS) is 10.5. The molecular formula is C10H7BrN. The van der Waals surface area contributed by atoms with Gasteiger partial charge in [0.05, 0.1) is 5.52 Å². The van der Waals surface area contributed by atoms with Gasteiger partial charge in [0.2, 0.25) is 0 Å². The van der Waals surface area contributed by atoms with Gasteiger partial charge >= 0.3 is 0 Å². The molecule has 12 heavy (non-hydrogen) atoms. The molecule has 0 aliphatic carbocycles. The Morgan fingerprint density at radius 1 is 1.17 bits per heavy atom. The molecule has 0 spiro atoms. The molecular weight excluding hydrogens is 214 g/mol. The smallest absolute Gasteiger partial charge is 0.0706 e. The second-order valence-corrected chi connectivity index (χ2v) is 3.56. The Balaban J connectivity index is 2.79.